The number of carboxylic acid groups (broad SMARTS) is 1. The van der Waals surface area contributed by atoms with Crippen LogP contribution in [0.5, 0.6) is 5.75 Å². The van der Waals surface area contributed by atoms with E-state index in [-0.39, 0.29) is 17.9 Å². The van der Waals surface area contributed by atoms with Gasteiger partial charge >= 0.3 is 5.97 Å². The summed E-state index contributed by atoms with van der Waals surface area (Å²) < 4.78 is 5.09. The van der Waals surface area contributed by atoms with Crippen LogP contribution in [0.4, 0.5) is 0 Å². The number of ether oxygens (including phenoxy) is 1. The Balaban J connectivity index is 2.41. The number of amides is 1. The number of carboxylic acids is 1. The van der Waals surface area contributed by atoms with Gasteiger partial charge in [0.25, 0.3) is 5.91 Å². The predicted molar refractivity (Wildman–Crippen MR) is 80.6 cm³/mol. The van der Waals surface area contributed by atoms with Crippen LogP contribution in [0.3, 0.4) is 0 Å². The smallest absolute Gasteiger partial charge is 0.306 e. The van der Waals surface area contributed by atoms with E-state index in [0.29, 0.717) is 17.7 Å². The summed E-state index contributed by atoms with van der Waals surface area (Å²) in [5, 5.41) is 11.7. The van der Waals surface area contributed by atoms with Gasteiger partial charge in [0, 0.05) is 11.6 Å². The van der Waals surface area contributed by atoms with Gasteiger partial charge in [-0.05, 0) is 38.0 Å². The fraction of sp³-hybridized carbons (Fsp3) is 0.500. The quantitative estimate of drug-likeness (QED) is 0.772. The van der Waals surface area contributed by atoms with E-state index in [1.807, 2.05) is 6.92 Å². The second kappa shape index (κ2) is 8.29. The number of hydrogen-bond donors (Lipinski definition) is 2. The SMILES string of the molecule is COc1cccc(C(=O)NC(C)CCCC(C)C(=O)O)c1. The fourth-order valence-electron chi connectivity index (χ4n) is 2.00. The number of benzene rings is 1. The van der Waals surface area contributed by atoms with Gasteiger partial charge in [0.15, 0.2) is 0 Å². The Hall–Kier alpha value is -2.04. The largest absolute Gasteiger partial charge is 0.497 e. The van der Waals surface area contributed by atoms with E-state index >= 15 is 0 Å². The lowest BCUT2D eigenvalue weighted by Crippen LogP contribution is -2.32. The van der Waals surface area contributed by atoms with Gasteiger partial charge in [-0.15, -0.1) is 0 Å². The molecule has 0 bridgehead atoms. The van der Waals surface area contributed by atoms with Gasteiger partial charge in [-0.2, -0.15) is 0 Å². The Kier molecular flexibility index (Phi) is 6.72. The molecule has 0 radical (unpaired) electrons. The molecule has 0 saturated carbocycles. The van der Waals surface area contributed by atoms with Crippen molar-refractivity contribution in [3.8, 4) is 5.75 Å². The molecule has 1 aromatic rings. The van der Waals surface area contributed by atoms with Crippen molar-refractivity contribution in [1.29, 1.82) is 0 Å². The molecule has 2 atom stereocenters. The Morgan fingerprint density at radius 2 is 2.00 bits per heavy atom. The summed E-state index contributed by atoms with van der Waals surface area (Å²) in [6, 6.07) is 6.98. The Morgan fingerprint density at radius 1 is 1.29 bits per heavy atom. The average Bonchev–Trinajstić information content (AvgIpc) is 2.46. The van der Waals surface area contributed by atoms with E-state index in [1.54, 1.807) is 38.3 Å². The van der Waals surface area contributed by atoms with Crippen LogP contribution in [-0.4, -0.2) is 30.1 Å². The van der Waals surface area contributed by atoms with Crippen molar-refractivity contribution >= 4 is 11.9 Å². The van der Waals surface area contributed by atoms with Crippen LogP contribution < -0.4 is 10.1 Å². The van der Waals surface area contributed by atoms with Crippen LogP contribution in [0, 0.1) is 5.92 Å². The summed E-state index contributed by atoms with van der Waals surface area (Å²) in [6.45, 7) is 3.62. The van der Waals surface area contributed by atoms with Crippen molar-refractivity contribution in [2.75, 3.05) is 7.11 Å². The van der Waals surface area contributed by atoms with Gasteiger partial charge < -0.3 is 15.2 Å². The molecule has 0 aliphatic carbocycles. The van der Waals surface area contributed by atoms with E-state index in [9.17, 15) is 9.59 Å². The van der Waals surface area contributed by atoms with Crippen molar-refractivity contribution in [2.45, 2.75) is 39.2 Å². The average molecular weight is 293 g/mol. The molecule has 2 N–H and O–H groups in total. The minimum Gasteiger partial charge on any atom is -0.497 e. The molecule has 0 fully saturated rings. The van der Waals surface area contributed by atoms with Crippen LogP contribution in [0.15, 0.2) is 24.3 Å². The Labute approximate surface area is 125 Å². The Bertz CT molecular complexity index is 487. The lowest BCUT2D eigenvalue weighted by molar-refractivity contribution is -0.141. The first kappa shape index (κ1) is 17.0. The number of carbonyl (C=O) groups is 2. The molecule has 1 amide bonds. The normalized spacial score (nSPS) is 13.3. The first-order chi connectivity index (χ1) is 9.93. The topological polar surface area (TPSA) is 75.6 Å². The third-order valence-electron chi connectivity index (χ3n) is 3.41. The van der Waals surface area contributed by atoms with Crippen LogP contribution in [0.1, 0.15) is 43.5 Å². The second-order valence-corrected chi connectivity index (χ2v) is 5.28. The monoisotopic (exact) mass is 293 g/mol. The highest BCUT2D eigenvalue weighted by atomic mass is 16.5. The predicted octanol–water partition coefficient (Wildman–Crippen LogP) is 2.70. The van der Waals surface area contributed by atoms with Gasteiger partial charge in [-0.3, -0.25) is 9.59 Å². The molecule has 1 rings (SSSR count). The van der Waals surface area contributed by atoms with E-state index in [1.165, 1.54) is 0 Å². The zero-order valence-corrected chi connectivity index (χ0v) is 12.8. The number of hydrogen-bond acceptors (Lipinski definition) is 3. The van der Waals surface area contributed by atoms with Crippen LogP contribution in [0.2, 0.25) is 0 Å². The van der Waals surface area contributed by atoms with Crippen LogP contribution >= 0.6 is 0 Å². The van der Waals surface area contributed by atoms with E-state index in [0.717, 1.165) is 12.8 Å². The zero-order valence-electron chi connectivity index (χ0n) is 12.8. The number of carbonyl (C=O) groups excluding carboxylic acids is 1. The summed E-state index contributed by atoms with van der Waals surface area (Å²) >= 11 is 0. The number of rotatable bonds is 8. The molecule has 0 saturated heterocycles. The van der Waals surface area contributed by atoms with Crippen molar-refractivity contribution in [3.05, 3.63) is 29.8 Å². The van der Waals surface area contributed by atoms with Crippen LogP contribution in [-0.2, 0) is 4.79 Å². The van der Waals surface area contributed by atoms with E-state index < -0.39 is 5.97 Å². The number of methoxy groups -OCH3 is 1. The van der Waals surface area contributed by atoms with Gasteiger partial charge in [-0.25, -0.2) is 0 Å². The van der Waals surface area contributed by atoms with Crippen molar-refractivity contribution < 1.29 is 19.4 Å². The number of nitrogens with one attached hydrogen (secondary N) is 1. The molecule has 0 aliphatic rings. The molecule has 2 unspecified atom stereocenters. The molecule has 0 aromatic heterocycles. The van der Waals surface area contributed by atoms with Gasteiger partial charge in [0.2, 0.25) is 0 Å². The van der Waals surface area contributed by atoms with Gasteiger partial charge in [-0.1, -0.05) is 19.4 Å². The molecular formula is C16H23NO4. The standard InChI is InChI=1S/C16H23NO4/c1-11(16(19)20)6-4-7-12(2)17-15(18)13-8-5-9-14(10-13)21-3/h5,8-12H,4,6-7H2,1-3H3,(H,17,18)(H,19,20). The first-order valence-electron chi connectivity index (χ1n) is 7.11. The highest BCUT2D eigenvalue weighted by molar-refractivity contribution is 5.94. The summed E-state index contributed by atoms with van der Waals surface area (Å²) in [7, 11) is 1.56. The van der Waals surface area contributed by atoms with Gasteiger partial charge in [0.05, 0.1) is 13.0 Å². The molecule has 0 aliphatic heterocycles. The van der Waals surface area contributed by atoms with Crippen LogP contribution in [0.25, 0.3) is 0 Å². The Morgan fingerprint density at radius 3 is 2.62 bits per heavy atom. The summed E-state index contributed by atoms with van der Waals surface area (Å²) in [4.78, 5) is 22.8. The summed E-state index contributed by atoms with van der Waals surface area (Å²) in [5.41, 5.74) is 0.556. The molecule has 0 heterocycles. The minimum atomic E-state index is -0.775. The lowest BCUT2D eigenvalue weighted by atomic mass is 10.0. The number of aliphatic carboxylic acids is 1. The lowest BCUT2D eigenvalue weighted by Gasteiger charge is -2.15. The molecule has 116 valence electrons. The van der Waals surface area contributed by atoms with Crippen molar-refractivity contribution in [2.24, 2.45) is 5.92 Å². The second-order valence-electron chi connectivity index (χ2n) is 5.28. The molecule has 1 aromatic carbocycles. The molecule has 5 nitrogen and oxygen atoms in total. The molecule has 21 heavy (non-hydrogen) atoms. The summed E-state index contributed by atoms with van der Waals surface area (Å²) in [5.74, 6) is -0.618. The maximum absolute atomic E-state index is 12.1. The van der Waals surface area contributed by atoms with Gasteiger partial charge in [0.1, 0.15) is 5.75 Å². The molecule has 0 spiro atoms. The molecular weight excluding hydrogens is 270 g/mol. The van der Waals surface area contributed by atoms with Crippen molar-refractivity contribution in [3.63, 3.8) is 0 Å². The molecule has 5 heteroatoms. The highest BCUT2D eigenvalue weighted by Crippen LogP contribution is 2.13. The van der Waals surface area contributed by atoms with E-state index in [2.05, 4.69) is 5.32 Å². The maximum atomic E-state index is 12.1. The first-order valence-corrected chi connectivity index (χ1v) is 7.11. The minimum absolute atomic E-state index is 0.00435. The maximum Gasteiger partial charge on any atom is 0.306 e. The van der Waals surface area contributed by atoms with Crippen molar-refractivity contribution in [1.82, 2.24) is 5.32 Å². The fourth-order valence-corrected chi connectivity index (χ4v) is 2.00. The zero-order chi connectivity index (χ0) is 15.8. The third-order valence-corrected chi connectivity index (χ3v) is 3.41. The van der Waals surface area contributed by atoms with E-state index in [4.69, 9.17) is 9.84 Å². The highest BCUT2D eigenvalue weighted by Gasteiger charge is 2.13. The summed E-state index contributed by atoms with van der Waals surface area (Å²) in [6.07, 6.45) is 2.15. The third kappa shape index (κ3) is 5.85.